The van der Waals surface area contributed by atoms with Gasteiger partial charge in [0.1, 0.15) is 5.76 Å². The number of hydrogen-bond acceptors (Lipinski definition) is 6. The van der Waals surface area contributed by atoms with Gasteiger partial charge in [-0.05, 0) is 55.0 Å². The first-order chi connectivity index (χ1) is 14.4. The van der Waals surface area contributed by atoms with Crippen LogP contribution in [0.1, 0.15) is 34.6 Å². The number of ether oxygens (including phenoxy) is 2. The average molecular weight is 428 g/mol. The fourth-order valence-electron chi connectivity index (χ4n) is 3.01. The molecule has 156 valence electrons. The molecule has 0 fully saturated rings. The van der Waals surface area contributed by atoms with Gasteiger partial charge in [0.15, 0.2) is 11.5 Å². The minimum absolute atomic E-state index is 0.00143. The van der Waals surface area contributed by atoms with E-state index in [2.05, 4.69) is 10.0 Å². The molecule has 1 unspecified atom stereocenters. The van der Waals surface area contributed by atoms with Crippen LogP contribution in [0.15, 0.2) is 70.2 Å². The third-order valence-corrected chi connectivity index (χ3v) is 6.03. The topological polar surface area (TPSA) is 107 Å². The van der Waals surface area contributed by atoms with Crippen molar-refractivity contribution >= 4 is 15.9 Å². The van der Waals surface area contributed by atoms with Gasteiger partial charge < -0.3 is 19.2 Å². The smallest absolute Gasteiger partial charge is 0.251 e. The van der Waals surface area contributed by atoms with Crippen molar-refractivity contribution in [3.8, 4) is 11.5 Å². The van der Waals surface area contributed by atoms with E-state index in [1.807, 2.05) is 0 Å². The number of sulfonamides is 1. The van der Waals surface area contributed by atoms with Gasteiger partial charge in [-0.25, -0.2) is 13.1 Å². The second kappa shape index (κ2) is 8.21. The summed E-state index contributed by atoms with van der Waals surface area (Å²) >= 11 is 0. The summed E-state index contributed by atoms with van der Waals surface area (Å²) in [6.45, 7) is 2.01. The van der Waals surface area contributed by atoms with Gasteiger partial charge in [0.25, 0.3) is 5.91 Å². The maximum atomic E-state index is 12.7. The highest BCUT2D eigenvalue weighted by atomic mass is 32.2. The van der Waals surface area contributed by atoms with Gasteiger partial charge in [0.2, 0.25) is 16.8 Å². The summed E-state index contributed by atoms with van der Waals surface area (Å²) in [5.74, 6) is 1.42. The average Bonchev–Trinajstić information content (AvgIpc) is 3.44. The summed E-state index contributed by atoms with van der Waals surface area (Å²) in [6.07, 6.45) is 1.52. The molecular weight excluding hydrogens is 408 g/mol. The molecule has 2 heterocycles. The molecule has 9 heteroatoms. The van der Waals surface area contributed by atoms with Gasteiger partial charge in [-0.3, -0.25) is 4.79 Å². The van der Waals surface area contributed by atoms with Crippen molar-refractivity contribution in [2.24, 2.45) is 0 Å². The lowest BCUT2D eigenvalue weighted by Gasteiger charge is -2.12. The molecule has 2 aromatic carbocycles. The highest BCUT2D eigenvalue weighted by Crippen LogP contribution is 2.32. The minimum atomic E-state index is -3.82. The summed E-state index contributed by atoms with van der Waals surface area (Å²) in [7, 11) is -3.82. The van der Waals surface area contributed by atoms with Gasteiger partial charge >= 0.3 is 0 Å². The molecule has 1 aliphatic rings. The van der Waals surface area contributed by atoms with E-state index < -0.39 is 15.9 Å². The molecule has 4 rings (SSSR count). The molecule has 0 bridgehead atoms. The lowest BCUT2D eigenvalue weighted by molar-refractivity contribution is 0.0935. The van der Waals surface area contributed by atoms with E-state index in [1.54, 1.807) is 43.3 Å². The van der Waals surface area contributed by atoms with Crippen LogP contribution < -0.4 is 19.5 Å². The Morgan fingerprint density at radius 3 is 2.70 bits per heavy atom. The molecule has 30 heavy (non-hydrogen) atoms. The first-order valence-corrected chi connectivity index (χ1v) is 10.7. The summed E-state index contributed by atoms with van der Waals surface area (Å²) in [5, 5.41) is 2.79. The Balaban J connectivity index is 1.44. The van der Waals surface area contributed by atoms with E-state index in [4.69, 9.17) is 13.9 Å². The highest BCUT2D eigenvalue weighted by Gasteiger charge is 2.19. The van der Waals surface area contributed by atoms with Gasteiger partial charge in [-0.2, -0.15) is 0 Å². The van der Waals surface area contributed by atoms with E-state index in [-0.39, 0.29) is 29.8 Å². The van der Waals surface area contributed by atoms with Crippen molar-refractivity contribution in [3.63, 3.8) is 0 Å². The highest BCUT2D eigenvalue weighted by molar-refractivity contribution is 7.89. The summed E-state index contributed by atoms with van der Waals surface area (Å²) in [6, 6.07) is 14.2. The van der Waals surface area contributed by atoms with E-state index in [1.165, 1.54) is 24.5 Å². The Kier molecular flexibility index (Phi) is 5.47. The number of nitrogens with one attached hydrogen (secondary N) is 2. The van der Waals surface area contributed by atoms with E-state index >= 15 is 0 Å². The molecule has 0 radical (unpaired) electrons. The lowest BCUT2D eigenvalue weighted by Crippen LogP contribution is -2.27. The Labute approximate surface area is 173 Å². The Bertz CT molecular complexity index is 1160. The van der Waals surface area contributed by atoms with Gasteiger partial charge in [-0.1, -0.05) is 12.1 Å². The molecule has 1 aromatic heterocycles. The van der Waals surface area contributed by atoms with Gasteiger partial charge in [0, 0.05) is 12.1 Å². The van der Waals surface area contributed by atoms with E-state index in [0.717, 1.165) is 5.56 Å². The number of amides is 1. The second-order valence-corrected chi connectivity index (χ2v) is 8.52. The van der Waals surface area contributed by atoms with Crippen LogP contribution in [0.25, 0.3) is 0 Å². The van der Waals surface area contributed by atoms with Crippen molar-refractivity contribution in [3.05, 3.63) is 77.7 Å². The van der Waals surface area contributed by atoms with E-state index in [9.17, 15) is 13.2 Å². The third kappa shape index (κ3) is 4.32. The van der Waals surface area contributed by atoms with Crippen molar-refractivity contribution in [1.82, 2.24) is 10.0 Å². The van der Waals surface area contributed by atoms with Crippen LogP contribution in [0.2, 0.25) is 0 Å². The van der Waals surface area contributed by atoms with Crippen LogP contribution in [0, 0.1) is 0 Å². The number of furan rings is 1. The number of rotatable bonds is 7. The molecule has 0 saturated carbocycles. The molecule has 8 nitrogen and oxygen atoms in total. The molecule has 1 aliphatic heterocycles. The monoisotopic (exact) mass is 428 g/mol. The van der Waals surface area contributed by atoms with E-state index in [0.29, 0.717) is 17.3 Å². The standard InChI is InChI=1S/C21H20N2O6S/c1-14(18-6-3-9-27-18)23-21(24)16-4-2-5-17(11-16)30(25,26)22-12-15-7-8-19-20(10-15)29-13-28-19/h2-11,14,22H,12-13H2,1H3,(H,23,24). The number of benzene rings is 2. The largest absolute Gasteiger partial charge is 0.467 e. The molecule has 1 amide bonds. The molecule has 0 spiro atoms. The third-order valence-electron chi connectivity index (χ3n) is 4.63. The maximum Gasteiger partial charge on any atom is 0.251 e. The maximum absolute atomic E-state index is 12.7. The van der Waals surface area contributed by atoms with Crippen molar-refractivity contribution < 1.29 is 27.1 Å². The Morgan fingerprint density at radius 2 is 1.90 bits per heavy atom. The van der Waals surface area contributed by atoms with Crippen LogP contribution in [0.3, 0.4) is 0 Å². The minimum Gasteiger partial charge on any atom is -0.467 e. The first-order valence-electron chi connectivity index (χ1n) is 9.25. The fraction of sp³-hybridized carbons (Fsp3) is 0.190. The lowest BCUT2D eigenvalue weighted by atomic mass is 10.2. The number of fused-ring (bicyclic) bond motifs is 1. The van der Waals surface area contributed by atoms with Gasteiger partial charge in [-0.15, -0.1) is 0 Å². The first kappa shape index (κ1) is 20.0. The summed E-state index contributed by atoms with van der Waals surface area (Å²) in [5.41, 5.74) is 0.961. The Morgan fingerprint density at radius 1 is 1.07 bits per heavy atom. The summed E-state index contributed by atoms with van der Waals surface area (Å²) in [4.78, 5) is 12.5. The van der Waals surface area contributed by atoms with Gasteiger partial charge in [0.05, 0.1) is 17.2 Å². The molecule has 0 aliphatic carbocycles. The van der Waals surface area contributed by atoms with Crippen molar-refractivity contribution in [2.45, 2.75) is 24.4 Å². The molecule has 1 atom stereocenters. The van der Waals surface area contributed by atoms with Crippen LogP contribution >= 0.6 is 0 Å². The zero-order valence-electron chi connectivity index (χ0n) is 16.1. The predicted molar refractivity (Wildman–Crippen MR) is 108 cm³/mol. The Hall–Kier alpha value is -3.30. The van der Waals surface area contributed by atoms with Crippen molar-refractivity contribution in [2.75, 3.05) is 6.79 Å². The normalized spacial score (nSPS) is 13.8. The quantitative estimate of drug-likeness (QED) is 0.599. The second-order valence-electron chi connectivity index (χ2n) is 6.75. The molecule has 0 saturated heterocycles. The predicted octanol–water partition coefficient (Wildman–Crippen LogP) is 2.98. The number of hydrogen-bond donors (Lipinski definition) is 2. The molecule has 3 aromatic rings. The van der Waals surface area contributed by atoms with Crippen LogP contribution in [0.5, 0.6) is 11.5 Å². The van der Waals surface area contributed by atoms with Crippen LogP contribution in [-0.2, 0) is 16.6 Å². The summed E-state index contributed by atoms with van der Waals surface area (Å²) < 4.78 is 43.8. The fourth-order valence-corrected chi connectivity index (χ4v) is 4.07. The van der Waals surface area contributed by atoms with Crippen LogP contribution in [-0.4, -0.2) is 21.1 Å². The molecule has 2 N–H and O–H groups in total. The number of carbonyl (C=O) groups is 1. The SMILES string of the molecule is CC(NC(=O)c1cccc(S(=O)(=O)NCc2ccc3c(c2)OCO3)c1)c1ccco1. The zero-order valence-corrected chi connectivity index (χ0v) is 16.9. The zero-order chi connectivity index (χ0) is 21.1. The van der Waals surface area contributed by atoms with Crippen LogP contribution in [0.4, 0.5) is 0 Å². The van der Waals surface area contributed by atoms with Crippen molar-refractivity contribution in [1.29, 1.82) is 0 Å². The number of carbonyl (C=O) groups excluding carboxylic acids is 1. The molecular formula is C21H20N2O6S.